The molecule has 3 nitrogen and oxygen atoms in total. The van der Waals surface area contributed by atoms with E-state index in [9.17, 15) is 4.79 Å². The van der Waals surface area contributed by atoms with Crippen LogP contribution in [0.15, 0.2) is 24.3 Å². The molecule has 1 rings (SSSR count). The van der Waals surface area contributed by atoms with Gasteiger partial charge in [0.2, 0.25) is 5.91 Å². The van der Waals surface area contributed by atoms with Crippen LogP contribution in [-0.2, 0) is 4.79 Å². The van der Waals surface area contributed by atoms with Gasteiger partial charge in [-0.2, -0.15) is 0 Å². The van der Waals surface area contributed by atoms with Crippen LogP contribution in [0.2, 0.25) is 0 Å². The number of carbonyl (C=O) groups is 1. The molecular formula is C14H22N2O. The van der Waals surface area contributed by atoms with Crippen molar-refractivity contribution in [1.29, 1.82) is 0 Å². The smallest absolute Gasteiger partial charge is 0.241 e. The number of hydrogen-bond donors (Lipinski definition) is 2. The van der Waals surface area contributed by atoms with E-state index >= 15 is 0 Å². The number of amides is 1. The highest BCUT2D eigenvalue weighted by Crippen LogP contribution is 2.17. The van der Waals surface area contributed by atoms with E-state index < -0.39 is 6.04 Å². The van der Waals surface area contributed by atoms with E-state index in [1.807, 2.05) is 31.2 Å². The Balaban J connectivity index is 2.60. The van der Waals surface area contributed by atoms with Gasteiger partial charge in [-0.3, -0.25) is 4.79 Å². The molecule has 3 heteroatoms. The Morgan fingerprint density at radius 1 is 1.29 bits per heavy atom. The third-order valence-electron chi connectivity index (χ3n) is 2.78. The van der Waals surface area contributed by atoms with E-state index in [2.05, 4.69) is 19.2 Å². The predicted octanol–water partition coefficient (Wildman–Crippen LogP) is 2.88. The minimum absolute atomic E-state index is 0.107. The summed E-state index contributed by atoms with van der Waals surface area (Å²) in [5.41, 5.74) is 7.82. The molecule has 94 valence electrons. The van der Waals surface area contributed by atoms with Gasteiger partial charge in [-0.1, -0.05) is 39.3 Å². The minimum atomic E-state index is -0.412. The Kier molecular flexibility index (Phi) is 5.16. The molecule has 1 unspecified atom stereocenters. The van der Waals surface area contributed by atoms with Gasteiger partial charge < -0.3 is 11.1 Å². The van der Waals surface area contributed by atoms with Gasteiger partial charge in [0.25, 0.3) is 0 Å². The molecule has 1 aromatic carbocycles. The number of hydrogen-bond acceptors (Lipinski definition) is 2. The van der Waals surface area contributed by atoms with Crippen LogP contribution in [0, 0.1) is 0 Å². The molecule has 1 atom stereocenters. The number of benzene rings is 1. The van der Waals surface area contributed by atoms with Crippen molar-refractivity contribution in [3.8, 4) is 0 Å². The summed E-state index contributed by atoms with van der Waals surface area (Å²) in [5.74, 6) is 0.395. The highest BCUT2D eigenvalue weighted by Gasteiger charge is 2.12. The quantitative estimate of drug-likeness (QED) is 0.823. The summed E-state index contributed by atoms with van der Waals surface area (Å²) in [6, 6.07) is 7.50. The standard InChI is InChI=1S/C14H22N2O/c1-4-5-13(15)14(17)16-12-8-6-11(7-9-12)10(2)3/h6-10,13H,4-5,15H2,1-3H3,(H,16,17). The van der Waals surface area contributed by atoms with Crippen molar-refractivity contribution in [2.24, 2.45) is 5.73 Å². The van der Waals surface area contributed by atoms with Crippen molar-refractivity contribution in [2.45, 2.75) is 45.6 Å². The highest BCUT2D eigenvalue weighted by atomic mass is 16.2. The molecule has 0 fully saturated rings. The Labute approximate surface area is 103 Å². The van der Waals surface area contributed by atoms with Gasteiger partial charge in [-0.25, -0.2) is 0 Å². The second kappa shape index (κ2) is 6.40. The molecule has 0 heterocycles. The topological polar surface area (TPSA) is 55.1 Å². The SMILES string of the molecule is CCCC(N)C(=O)Nc1ccc(C(C)C)cc1. The first-order valence-electron chi connectivity index (χ1n) is 6.21. The summed E-state index contributed by atoms with van der Waals surface area (Å²) in [7, 11) is 0. The third kappa shape index (κ3) is 4.19. The molecule has 0 spiro atoms. The largest absolute Gasteiger partial charge is 0.325 e. The summed E-state index contributed by atoms with van der Waals surface area (Å²) < 4.78 is 0. The molecular weight excluding hydrogens is 212 g/mol. The summed E-state index contributed by atoms with van der Waals surface area (Å²) >= 11 is 0. The monoisotopic (exact) mass is 234 g/mol. The molecule has 0 aliphatic carbocycles. The summed E-state index contributed by atoms with van der Waals surface area (Å²) in [4.78, 5) is 11.7. The van der Waals surface area contributed by atoms with Crippen LogP contribution in [0.5, 0.6) is 0 Å². The van der Waals surface area contributed by atoms with E-state index in [0.29, 0.717) is 5.92 Å². The van der Waals surface area contributed by atoms with Crippen LogP contribution < -0.4 is 11.1 Å². The lowest BCUT2D eigenvalue weighted by Crippen LogP contribution is -2.35. The maximum absolute atomic E-state index is 11.7. The number of rotatable bonds is 5. The summed E-state index contributed by atoms with van der Waals surface area (Å²) in [5, 5.41) is 2.83. The molecule has 1 amide bonds. The first-order chi connectivity index (χ1) is 8.04. The van der Waals surface area contributed by atoms with E-state index in [4.69, 9.17) is 5.73 Å². The number of anilines is 1. The van der Waals surface area contributed by atoms with E-state index in [-0.39, 0.29) is 5.91 Å². The minimum Gasteiger partial charge on any atom is -0.325 e. The second-order valence-corrected chi connectivity index (χ2v) is 4.66. The third-order valence-corrected chi connectivity index (χ3v) is 2.78. The van der Waals surface area contributed by atoms with Crippen LogP contribution in [0.25, 0.3) is 0 Å². The molecule has 1 aromatic rings. The number of nitrogens with one attached hydrogen (secondary N) is 1. The summed E-state index contributed by atoms with van der Waals surface area (Å²) in [6.07, 6.45) is 1.64. The Hall–Kier alpha value is -1.35. The van der Waals surface area contributed by atoms with Crippen LogP contribution in [0.3, 0.4) is 0 Å². The van der Waals surface area contributed by atoms with Gasteiger partial charge in [-0.15, -0.1) is 0 Å². The zero-order valence-electron chi connectivity index (χ0n) is 10.9. The summed E-state index contributed by atoms with van der Waals surface area (Å²) in [6.45, 7) is 6.31. The normalized spacial score (nSPS) is 12.5. The maximum atomic E-state index is 11.7. The molecule has 0 aliphatic heterocycles. The highest BCUT2D eigenvalue weighted by molar-refractivity contribution is 5.94. The van der Waals surface area contributed by atoms with Gasteiger partial charge in [0, 0.05) is 5.69 Å². The Morgan fingerprint density at radius 2 is 1.88 bits per heavy atom. The van der Waals surface area contributed by atoms with E-state index in [0.717, 1.165) is 18.5 Å². The predicted molar refractivity (Wildman–Crippen MR) is 72.0 cm³/mol. The lowest BCUT2D eigenvalue weighted by Gasteiger charge is -2.12. The maximum Gasteiger partial charge on any atom is 0.241 e. The molecule has 0 bridgehead atoms. The Bertz CT molecular complexity index is 357. The molecule has 0 aromatic heterocycles. The van der Waals surface area contributed by atoms with Gasteiger partial charge in [0.05, 0.1) is 6.04 Å². The van der Waals surface area contributed by atoms with Crippen molar-refractivity contribution in [1.82, 2.24) is 0 Å². The van der Waals surface area contributed by atoms with Gasteiger partial charge >= 0.3 is 0 Å². The fraction of sp³-hybridized carbons (Fsp3) is 0.500. The number of nitrogens with two attached hydrogens (primary N) is 1. The second-order valence-electron chi connectivity index (χ2n) is 4.66. The zero-order chi connectivity index (χ0) is 12.8. The van der Waals surface area contributed by atoms with Crippen LogP contribution in [0.1, 0.15) is 45.1 Å². The molecule has 0 saturated carbocycles. The molecule has 17 heavy (non-hydrogen) atoms. The van der Waals surface area contributed by atoms with Gasteiger partial charge in [0.1, 0.15) is 0 Å². The van der Waals surface area contributed by atoms with Crippen LogP contribution >= 0.6 is 0 Å². The van der Waals surface area contributed by atoms with Crippen molar-refractivity contribution in [3.63, 3.8) is 0 Å². The van der Waals surface area contributed by atoms with Crippen LogP contribution in [0.4, 0.5) is 5.69 Å². The Morgan fingerprint density at radius 3 is 2.35 bits per heavy atom. The average Bonchev–Trinajstić information content (AvgIpc) is 2.30. The number of carbonyl (C=O) groups excluding carboxylic acids is 1. The van der Waals surface area contributed by atoms with Crippen molar-refractivity contribution in [2.75, 3.05) is 5.32 Å². The first kappa shape index (κ1) is 13.7. The fourth-order valence-electron chi connectivity index (χ4n) is 1.63. The molecule has 0 aliphatic rings. The lowest BCUT2D eigenvalue weighted by atomic mass is 10.0. The average molecular weight is 234 g/mol. The fourth-order valence-corrected chi connectivity index (χ4v) is 1.63. The van der Waals surface area contributed by atoms with E-state index in [1.165, 1.54) is 5.56 Å². The first-order valence-corrected chi connectivity index (χ1v) is 6.21. The van der Waals surface area contributed by atoms with Crippen LogP contribution in [-0.4, -0.2) is 11.9 Å². The molecule has 0 saturated heterocycles. The van der Waals surface area contributed by atoms with Gasteiger partial charge in [0.15, 0.2) is 0 Å². The zero-order valence-corrected chi connectivity index (χ0v) is 10.9. The van der Waals surface area contributed by atoms with Crippen molar-refractivity contribution >= 4 is 11.6 Å². The van der Waals surface area contributed by atoms with E-state index in [1.54, 1.807) is 0 Å². The van der Waals surface area contributed by atoms with Gasteiger partial charge in [-0.05, 0) is 30.0 Å². The molecule has 3 N–H and O–H groups in total. The van der Waals surface area contributed by atoms with Crippen molar-refractivity contribution < 1.29 is 4.79 Å². The molecule has 0 radical (unpaired) electrons. The lowest BCUT2D eigenvalue weighted by molar-refractivity contribution is -0.117. The van der Waals surface area contributed by atoms with Crippen molar-refractivity contribution in [3.05, 3.63) is 29.8 Å².